The lowest BCUT2D eigenvalue weighted by atomic mass is 10.1. The van der Waals surface area contributed by atoms with Crippen molar-refractivity contribution in [2.24, 2.45) is 0 Å². The van der Waals surface area contributed by atoms with E-state index in [1.54, 1.807) is 6.20 Å². The topological polar surface area (TPSA) is 68.0 Å². The van der Waals surface area contributed by atoms with Crippen molar-refractivity contribution in [3.8, 4) is 0 Å². The van der Waals surface area contributed by atoms with Crippen LogP contribution in [0.4, 0.5) is 5.82 Å². The first-order valence-corrected chi connectivity index (χ1v) is 7.11. The lowest BCUT2D eigenvalue weighted by Crippen LogP contribution is -2.15. The number of hydrogen-bond acceptors (Lipinski definition) is 4. The average Bonchev–Trinajstić information content (AvgIpc) is 2.81. The number of carbonyl (C=O) groups excluding carboxylic acids is 1. The summed E-state index contributed by atoms with van der Waals surface area (Å²) in [4.78, 5) is 16.3. The predicted octanol–water partition coefficient (Wildman–Crippen LogP) is 3.33. The lowest BCUT2D eigenvalue weighted by molar-refractivity contribution is -0.115. The zero-order chi connectivity index (χ0) is 15.7. The highest BCUT2D eigenvalue weighted by atomic mass is 16.5. The van der Waals surface area contributed by atoms with Gasteiger partial charge in [0.25, 0.3) is 0 Å². The van der Waals surface area contributed by atoms with Crippen LogP contribution in [0, 0.1) is 20.8 Å². The first kappa shape index (κ1) is 14.3. The molecule has 1 N–H and O–H groups in total. The number of aryl methyl sites for hydroxylation is 3. The predicted molar refractivity (Wildman–Crippen MR) is 84.8 cm³/mol. The minimum atomic E-state index is -0.161. The summed E-state index contributed by atoms with van der Waals surface area (Å²) < 4.78 is 5.31. The Bertz CT molecular complexity index is 852. The molecule has 5 heteroatoms. The van der Waals surface area contributed by atoms with Gasteiger partial charge in [-0.25, -0.2) is 4.98 Å². The van der Waals surface area contributed by atoms with Gasteiger partial charge in [-0.3, -0.25) is 4.79 Å². The molecule has 0 aliphatic carbocycles. The summed E-state index contributed by atoms with van der Waals surface area (Å²) in [6, 6.07) is 7.66. The first-order valence-electron chi connectivity index (χ1n) is 7.11. The first-order chi connectivity index (χ1) is 10.5. The van der Waals surface area contributed by atoms with Crippen LogP contribution in [0.15, 0.2) is 35.0 Å². The van der Waals surface area contributed by atoms with Gasteiger partial charge in [-0.05, 0) is 61.7 Å². The fourth-order valence-corrected chi connectivity index (χ4v) is 2.32. The average molecular weight is 295 g/mol. The quantitative estimate of drug-likeness (QED) is 0.804. The maximum atomic E-state index is 12.2. The monoisotopic (exact) mass is 295 g/mol. The molecule has 1 aromatic carbocycles. The van der Waals surface area contributed by atoms with E-state index in [1.165, 1.54) is 0 Å². The molecule has 0 bridgehead atoms. The molecule has 0 saturated carbocycles. The maximum Gasteiger partial charge on any atom is 0.231 e. The SMILES string of the molecule is Cc1ccnc(NC(=O)Cc2noc3cc(C)c(C)cc23)c1. The molecule has 0 aliphatic rings. The van der Waals surface area contributed by atoms with E-state index in [9.17, 15) is 4.79 Å². The number of benzene rings is 1. The molecule has 2 aromatic heterocycles. The van der Waals surface area contributed by atoms with Gasteiger partial charge in [-0.15, -0.1) is 0 Å². The molecule has 0 saturated heterocycles. The molecule has 5 nitrogen and oxygen atoms in total. The number of anilines is 1. The van der Waals surface area contributed by atoms with Gasteiger partial charge in [0.2, 0.25) is 5.91 Å². The molecule has 0 aliphatic heterocycles. The molecule has 0 atom stereocenters. The highest BCUT2D eigenvalue weighted by molar-refractivity contribution is 5.94. The molecule has 0 unspecified atom stereocenters. The van der Waals surface area contributed by atoms with Crippen molar-refractivity contribution >= 4 is 22.7 Å². The second-order valence-corrected chi connectivity index (χ2v) is 5.51. The minimum Gasteiger partial charge on any atom is -0.356 e. The lowest BCUT2D eigenvalue weighted by Gasteiger charge is -2.04. The number of amides is 1. The van der Waals surface area contributed by atoms with E-state index in [0.717, 1.165) is 22.1 Å². The van der Waals surface area contributed by atoms with Crippen LogP contribution in [0.2, 0.25) is 0 Å². The van der Waals surface area contributed by atoms with Gasteiger partial charge in [-0.1, -0.05) is 5.16 Å². The molecule has 2 heterocycles. The second kappa shape index (κ2) is 5.60. The number of pyridine rings is 1. The van der Waals surface area contributed by atoms with Crippen LogP contribution < -0.4 is 5.32 Å². The van der Waals surface area contributed by atoms with Crippen LogP contribution in [0.5, 0.6) is 0 Å². The molecule has 112 valence electrons. The molecule has 0 fully saturated rings. The number of nitrogens with one attached hydrogen (secondary N) is 1. The Morgan fingerprint density at radius 2 is 1.95 bits per heavy atom. The van der Waals surface area contributed by atoms with Crippen LogP contribution in [0.1, 0.15) is 22.4 Å². The number of aromatic nitrogens is 2. The number of carbonyl (C=O) groups is 1. The minimum absolute atomic E-state index is 0.158. The molecule has 0 spiro atoms. The molecule has 3 rings (SSSR count). The van der Waals surface area contributed by atoms with Crippen molar-refractivity contribution in [2.45, 2.75) is 27.2 Å². The number of nitrogens with zero attached hydrogens (tertiary/aromatic N) is 2. The Hall–Kier alpha value is -2.69. The fourth-order valence-electron chi connectivity index (χ4n) is 2.32. The van der Waals surface area contributed by atoms with Gasteiger partial charge in [0.15, 0.2) is 5.58 Å². The maximum absolute atomic E-state index is 12.2. The summed E-state index contributed by atoms with van der Waals surface area (Å²) in [5.74, 6) is 0.386. The van der Waals surface area contributed by atoms with E-state index in [1.807, 2.05) is 45.0 Å². The summed E-state index contributed by atoms with van der Waals surface area (Å²) >= 11 is 0. The Balaban J connectivity index is 1.81. The Kier molecular flexibility index (Phi) is 3.63. The van der Waals surface area contributed by atoms with Crippen molar-refractivity contribution in [2.75, 3.05) is 5.32 Å². The van der Waals surface area contributed by atoms with Gasteiger partial charge >= 0.3 is 0 Å². The van der Waals surface area contributed by atoms with Crippen molar-refractivity contribution < 1.29 is 9.32 Å². The van der Waals surface area contributed by atoms with Gasteiger partial charge in [0.05, 0.1) is 6.42 Å². The zero-order valence-electron chi connectivity index (χ0n) is 12.8. The van der Waals surface area contributed by atoms with Gasteiger partial charge in [-0.2, -0.15) is 0 Å². The van der Waals surface area contributed by atoms with E-state index >= 15 is 0 Å². The number of hydrogen-bond donors (Lipinski definition) is 1. The summed E-state index contributed by atoms with van der Waals surface area (Å²) in [5, 5.41) is 7.69. The van der Waals surface area contributed by atoms with Gasteiger partial charge in [0.1, 0.15) is 11.5 Å². The number of rotatable bonds is 3. The third kappa shape index (κ3) is 2.83. The molecule has 3 aromatic rings. The molecule has 22 heavy (non-hydrogen) atoms. The Morgan fingerprint density at radius 1 is 1.18 bits per heavy atom. The van der Waals surface area contributed by atoms with E-state index in [2.05, 4.69) is 15.5 Å². The van der Waals surface area contributed by atoms with E-state index in [0.29, 0.717) is 17.1 Å². The van der Waals surface area contributed by atoms with Gasteiger partial charge in [0, 0.05) is 11.6 Å². The van der Waals surface area contributed by atoms with E-state index in [4.69, 9.17) is 4.52 Å². The van der Waals surface area contributed by atoms with E-state index in [-0.39, 0.29) is 12.3 Å². The van der Waals surface area contributed by atoms with Crippen LogP contribution in [0.25, 0.3) is 11.0 Å². The highest BCUT2D eigenvalue weighted by Crippen LogP contribution is 2.23. The second-order valence-electron chi connectivity index (χ2n) is 5.51. The van der Waals surface area contributed by atoms with Crippen molar-refractivity contribution in [3.63, 3.8) is 0 Å². The normalized spacial score (nSPS) is 10.9. The van der Waals surface area contributed by atoms with E-state index < -0.39 is 0 Å². The Labute approximate surface area is 128 Å². The van der Waals surface area contributed by atoms with Crippen molar-refractivity contribution in [1.29, 1.82) is 0 Å². The highest BCUT2D eigenvalue weighted by Gasteiger charge is 2.14. The van der Waals surface area contributed by atoms with Crippen LogP contribution in [-0.2, 0) is 11.2 Å². The largest absolute Gasteiger partial charge is 0.356 e. The molecular formula is C17H17N3O2. The third-order valence-electron chi connectivity index (χ3n) is 3.67. The smallest absolute Gasteiger partial charge is 0.231 e. The standard InChI is InChI=1S/C17H17N3O2/c1-10-4-5-18-16(6-10)19-17(21)9-14-13-7-11(2)12(3)8-15(13)22-20-14/h4-8H,9H2,1-3H3,(H,18,19,21). The third-order valence-corrected chi connectivity index (χ3v) is 3.67. The summed E-state index contributed by atoms with van der Waals surface area (Å²) in [7, 11) is 0. The fraction of sp³-hybridized carbons (Fsp3) is 0.235. The zero-order valence-corrected chi connectivity index (χ0v) is 12.8. The number of fused-ring (bicyclic) bond motifs is 1. The molecular weight excluding hydrogens is 278 g/mol. The molecule has 0 radical (unpaired) electrons. The molecule has 1 amide bonds. The summed E-state index contributed by atoms with van der Waals surface area (Å²) in [6.07, 6.45) is 1.83. The summed E-state index contributed by atoms with van der Waals surface area (Å²) in [5.41, 5.74) is 4.69. The van der Waals surface area contributed by atoms with Crippen molar-refractivity contribution in [3.05, 3.63) is 52.8 Å². The van der Waals surface area contributed by atoms with Crippen molar-refractivity contribution in [1.82, 2.24) is 10.1 Å². The van der Waals surface area contributed by atoms with Gasteiger partial charge < -0.3 is 9.84 Å². The van der Waals surface area contributed by atoms with Crippen LogP contribution in [-0.4, -0.2) is 16.0 Å². The Morgan fingerprint density at radius 3 is 2.73 bits per heavy atom. The summed E-state index contributed by atoms with van der Waals surface area (Å²) in [6.45, 7) is 6.00. The van der Waals surface area contributed by atoms with Crippen LogP contribution in [0.3, 0.4) is 0 Å². The van der Waals surface area contributed by atoms with Crippen LogP contribution >= 0.6 is 0 Å².